The summed E-state index contributed by atoms with van der Waals surface area (Å²) in [5.41, 5.74) is 0.617. The third kappa shape index (κ3) is 1.38. The first-order valence-corrected chi connectivity index (χ1v) is 8.57. The van der Waals surface area contributed by atoms with Crippen LogP contribution in [-0.4, -0.2) is 41.2 Å². The van der Waals surface area contributed by atoms with Crippen LogP contribution in [0.1, 0.15) is 37.3 Å². The Morgan fingerprint density at radius 2 is 2.25 bits per heavy atom. The molecule has 1 saturated heterocycles. The van der Waals surface area contributed by atoms with Crippen molar-refractivity contribution in [2.24, 2.45) is 0 Å². The van der Waals surface area contributed by atoms with E-state index in [9.17, 15) is 14.7 Å². The standard InChI is InChI=1S/C18H19NO5/c1-9(20)24-18-5-4-12(22)16-17(18)6-7-19-13(18)8-10-2-3-11(21)15(23-16)14(10)17/h2-3,13,16,19,21H,4-8H2,1H3/p+1/t13-,16+,17+,18-/m1/s1. The van der Waals surface area contributed by atoms with Crippen molar-refractivity contribution in [3.05, 3.63) is 23.3 Å². The Hall–Kier alpha value is -2.08. The van der Waals surface area contributed by atoms with Crippen LogP contribution in [0.15, 0.2) is 12.1 Å². The van der Waals surface area contributed by atoms with Crippen LogP contribution in [0.3, 0.4) is 0 Å². The molecule has 6 heteroatoms. The number of piperidine rings is 1. The average molecular weight is 330 g/mol. The van der Waals surface area contributed by atoms with Gasteiger partial charge >= 0.3 is 5.97 Å². The number of rotatable bonds is 1. The fraction of sp³-hybridized carbons (Fsp3) is 0.556. The summed E-state index contributed by atoms with van der Waals surface area (Å²) in [7, 11) is 0. The number of esters is 1. The Balaban J connectivity index is 1.85. The molecule has 6 nitrogen and oxygen atoms in total. The number of carbonyl (C=O) groups excluding carboxylic acids is 2. The van der Waals surface area contributed by atoms with Gasteiger partial charge in [-0.1, -0.05) is 6.07 Å². The number of aromatic hydroxyl groups is 1. The third-order valence-electron chi connectivity index (χ3n) is 6.50. The predicted molar refractivity (Wildman–Crippen MR) is 81.8 cm³/mol. The molecule has 3 N–H and O–H groups in total. The first-order valence-electron chi connectivity index (χ1n) is 8.57. The maximum absolute atomic E-state index is 12.7. The first-order chi connectivity index (χ1) is 11.5. The lowest BCUT2D eigenvalue weighted by atomic mass is 9.49. The fourth-order valence-electron chi connectivity index (χ4n) is 5.82. The van der Waals surface area contributed by atoms with Gasteiger partial charge in [-0.05, 0) is 11.6 Å². The van der Waals surface area contributed by atoms with Crippen molar-refractivity contribution < 1.29 is 29.5 Å². The number of carbonyl (C=O) groups is 2. The van der Waals surface area contributed by atoms with Crippen LogP contribution in [0.2, 0.25) is 0 Å². The summed E-state index contributed by atoms with van der Waals surface area (Å²) in [4.78, 5) is 24.7. The molecule has 2 aliphatic carbocycles. The lowest BCUT2D eigenvalue weighted by molar-refractivity contribution is -0.719. The lowest BCUT2D eigenvalue weighted by Gasteiger charge is -2.58. The Labute approximate surface area is 139 Å². The number of quaternary nitrogens is 1. The summed E-state index contributed by atoms with van der Waals surface area (Å²) in [6, 6.07) is 3.64. The number of ketones is 1. The number of ether oxygens (including phenoxy) is 2. The molecule has 4 atom stereocenters. The monoisotopic (exact) mass is 330 g/mol. The number of phenols is 1. The highest BCUT2D eigenvalue weighted by atomic mass is 16.6. The highest BCUT2D eigenvalue weighted by molar-refractivity contribution is 5.90. The van der Waals surface area contributed by atoms with Gasteiger partial charge < -0.3 is 19.9 Å². The minimum atomic E-state index is -0.734. The van der Waals surface area contributed by atoms with Gasteiger partial charge in [0.1, 0.15) is 6.04 Å². The molecular formula is C18H20NO5+. The zero-order chi connectivity index (χ0) is 16.7. The summed E-state index contributed by atoms with van der Waals surface area (Å²) in [5.74, 6) is 0.210. The van der Waals surface area contributed by atoms with Gasteiger partial charge in [-0.15, -0.1) is 0 Å². The molecule has 2 heterocycles. The molecule has 1 aromatic carbocycles. The van der Waals surface area contributed by atoms with Crippen molar-refractivity contribution >= 4 is 11.8 Å². The summed E-state index contributed by atoms with van der Waals surface area (Å²) >= 11 is 0. The fourth-order valence-corrected chi connectivity index (χ4v) is 5.82. The molecule has 126 valence electrons. The highest BCUT2D eigenvalue weighted by Gasteiger charge is 2.76. The predicted octanol–water partition coefficient (Wildman–Crippen LogP) is -0.0524. The minimum Gasteiger partial charge on any atom is -0.504 e. The first kappa shape index (κ1) is 14.3. The molecule has 2 fully saturated rings. The van der Waals surface area contributed by atoms with E-state index in [2.05, 4.69) is 5.32 Å². The Morgan fingerprint density at radius 3 is 3.04 bits per heavy atom. The van der Waals surface area contributed by atoms with Gasteiger partial charge in [-0.3, -0.25) is 9.59 Å². The maximum atomic E-state index is 12.7. The second-order valence-corrected chi connectivity index (χ2v) is 7.45. The number of hydrogen-bond donors (Lipinski definition) is 2. The van der Waals surface area contributed by atoms with Crippen LogP contribution < -0.4 is 10.1 Å². The van der Waals surface area contributed by atoms with E-state index in [1.165, 1.54) is 6.92 Å². The minimum absolute atomic E-state index is 0.0434. The third-order valence-corrected chi connectivity index (χ3v) is 6.50. The van der Waals surface area contributed by atoms with E-state index in [1.54, 1.807) is 6.07 Å². The zero-order valence-electron chi connectivity index (χ0n) is 13.5. The van der Waals surface area contributed by atoms with E-state index in [0.717, 1.165) is 24.1 Å². The van der Waals surface area contributed by atoms with Gasteiger partial charge in [-0.25, -0.2) is 0 Å². The van der Waals surface area contributed by atoms with Crippen molar-refractivity contribution in [2.45, 2.75) is 55.8 Å². The summed E-state index contributed by atoms with van der Waals surface area (Å²) < 4.78 is 12.0. The molecule has 2 bridgehead atoms. The topological polar surface area (TPSA) is 89.4 Å². The van der Waals surface area contributed by atoms with Crippen molar-refractivity contribution in [3.8, 4) is 11.5 Å². The second kappa shape index (κ2) is 4.30. The summed E-state index contributed by atoms with van der Waals surface area (Å²) in [6.07, 6.45) is 1.66. The summed E-state index contributed by atoms with van der Waals surface area (Å²) in [5, 5.41) is 12.6. The average Bonchev–Trinajstić information content (AvgIpc) is 2.87. The van der Waals surface area contributed by atoms with Crippen LogP contribution in [-0.2, 0) is 26.2 Å². The smallest absolute Gasteiger partial charge is 0.303 e. The molecule has 0 unspecified atom stereocenters. The van der Waals surface area contributed by atoms with Crippen molar-refractivity contribution in [2.75, 3.05) is 6.54 Å². The van der Waals surface area contributed by atoms with Gasteiger partial charge in [-0.2, -0.15) is 0 Å². The Kier molecular flexibility index (Phi) is 2.56. The largest absolute Gasteiger partial charge is 0.504 e. The molecule has 4 aliphatic rings. The van der Waals surface area contributed by atoms with E-state index in [1.807, 2.05) is 6.07 Å². The van der Waals surface area contributed by atoms with E-state index in [4.69, 9.17) is 9.47 Å². The van der Waals surface area contributed by atoms with Crippen LogP contribution in [0, 0.1) is 0 Å². The van der Waals surface area contributed by atoms with Crippen molar-refractivity contribution in [1.82, 2.24) is 0 Å². The number of Topliss-reactive ketones (excluding diaryl/α,β-unsaturated/α-hetero) is 1. The van der Waals surface area contributed by atoms with Gasteiger partial charge in [0.05, 0.1) is 12.0 Å². The van der Waals surface area contributed by atoms with Crippen molar-refractivity contribution in [1.29, 1.82) is 0 Å². The molecule has 0 amide bonds. The van der Waals surface area contributed by atoms with E-state index in [-0.39, 0.29) is 23.5 Å². The molecular weight excluding hydrogens is 310 g/mol. The second-order valence-electron chi connectivity index (χ2n) is 7.45. The van der Waals surface area contributed by atoms with E-state index >= 15 is 0 Å². The normalized spacial score (nSPS) is 38.3. The lowest BCUT2D eigenvalue weighted by Crippen LogP contribution is -3.02. The maximum Gasteiger partial charge on any atom is 0.303 e. The van der Waals surface area contributed by atoms with E-state index < -0.39 is 17.1 Å². The molecule has 0 radical (unpaired) electrons. The molecule has 0 aromatic heterocycles. The zero-order valence-corrected chi connectivity index (χ0v) is 13.5. The van der Waals surface area contributed by atoms with Crippen LogP contribution in [0.25, 0.3) is 0 Å². The van der Waals surface area contributed by atoms with Crippen LogP contribution in [0.4, 0.5) is 0 Å². The SMILES string of the molecule is CC(=O)O[C@@]12CCC(=O)[C@@H]3Oc4c(O)ccc5c4[C@@]31CC[NH2+][C@@H]2C5. The Morgan fingerprint density at radius 1 is 1.42 bits per heavy atom. The van der Waals surface area contributed by atoms with Gasteiger partial charge in [0.25, 0.3) is 0 Å². The van der Waals surface area contributed by atoms with Crippen LogP contribution >= 0.6 is 0 Å². The van der Waals surface area contributed by atoms with Gasteiger partial charge in [0.2, 0.25) is 0 Å². The van der Waals surface area contributed by atoms with Gasteiger partial charge in [0.15, 0.2) is 29.0 Å². The van der Waals surface area contributed by atoms with E-state index in [0.29, 0.717) is 25.0 Å². The molecule has 2 aliphatic heterocycles. The molecule has 1 spiro atoms. The summed E-state index contributed by atoms with van der Waals surface area (Å²) in [6.45, 7) is 2.29. The number of nitrogens with two attached hydrogens (primary N) is 1. The molecule has 24 heavy (non-hydrogen) atoms. The number of phenolic OH excluding ortho intramolecular Hbond substituents is 1. The van der Waals surface area contributed by atoms with Crippen LogP contribution in [0.5, 0.6) is 11.5 Å². The molecule has 1 aromatic rings. The number of hydrogen-bond acceptors (Lipinski definition) is 5. The van der Waals surface area contributed by atoms with Gasteiger partial charge in [0, 0.05) is 38.2 Å². The van der Waals surface area contributed by atoms with Crippen molar-refractivity contribution in [3.63, 3.8) is 0 Å². The highest BCUT2D eigenvalue weighted by Crippen LogP contribution is 2.63. The molecule has 1 saturated carbocycles. The quantitative estimate of drug-likeness (QED) is 0.705. The molecule has 5 rings (SSSR count). The number of benzene rings is 1. The Bertz CT molecular complexity index is 790.